The van der Waals surface area contributed by atoms with Gasteiger partial charge < -0.3 is 5.32 Å². The number of aliphatic imine (C=N–C) groups is 1. The molecule has 0 saturated carbocycles. The molecular formula is C12H17ClN2S2. The second kappa shape index (κ2) is 6.12. The smallest absolute Gasteiger partial charge is 0.156 e. The zero-order valence-electron chi connectivity index (χ0n) is 10.1. The minimum Gasteiger partial charge on any atom is -0.361 e. The van der Waals surface area contributed by atoms with Gasteiger partial charge in [0.15, 0.2) is 5.17 Å². The van der Waals surface area contributed by atoms with Gasteiger partial charge in [0, 0.05) is 29.6 Å². The molecule has 94 valence electrons. The summed E-state index contributed by atoms with van der Waals surface area (Å²) in [7, 11) is 0. The third kappa shape index (κ3) is 3.90. The summed E-state index contributed by atoms with van der Waals surface area (Å²) in [5.41, 5.74) is 0. The Morgan fingerprint density at radius 1 is 1.53 bits per heavy atom. The SMILES string of the molecule is CC(C)C1CSC(=NCCc2ccc(Cl)s2)N1. The molecule has 0 aliphatic carbocycles. The standard InChI is InChI=1S/C12H17ClN2S2/c1-8(2)10-7-16-12(15-10)14-6-5-9-3-4-11(13)17-9/h3-4,8,10H,5-7H2,1-2H3,(H,14,15). The Morgan fingerprint density at radius 3 is 2.94 bits per heavy atom. The predicted molar refractivity (Wildman–Crippen MR) is 79.6 cm³/mol. The molecule has 2 heterocycles. The molecule has 5 heteroatoms. The molecule has 0 radical (unpaired) electrons. The van der Waals surface area contributed by atoms with E-state index in [1.165, 1.54) is 4.88 Å². The van der Waals surface area contributed by atoms with E-state index in [9.17, 15) is 0 Å². The third-order valence-electron chi connectivity index (χ3n) is 2.76. The van der Waals surface area contributed by atoms with E-state index in [-0.39, 0.29) is 0 Å². The van der Waals surface area contributed by atoms with Crippen molar-refractivity contribution in [2.75, 3.05) is 12.3 Å². The summed E-state index contributed by atoms with van der Waals surface area (Å²) in [5, 5.41) is 4.58. The van der Waals surface area contributed by atoms with Gasteiger partial charge in [-0.25, -0.2) is 0 Å². The lowest BCUT2D eigenvalue weighted by atomic mass is 10.1. The molecule has 1 fully saturated rings. The molecule has 0 bridgehead atoms. The van der Waals surface area contributed by atoms with Crippen molar-refractivity contribution in [1.29, 1.82) is 0 Å². The zero-order valence-corrected chi connectivity index (χ0v) is 12.5. The Bertz CT molecular complexity index is 401. The van der Waals surface area contributed by atoms with Gasteiger partial charge in [-0.3, -0.25) is 4.99 Å². The van der Waals surface area contributed by atoms with Gasteiger partial charge in [0.1, 0.15) is 0 Å². The zero-order chi connectivity index (χ0) is 12.3. The molecule has 2 rings (SSSR count). The summed E-state index contributed by atoms with van der Waals surface area (Å²) in [6, 6.07) is 4.61. The Labute approximate surface area is 116 Å². The van der Waals surface area contributed by atoms with Gasteiger partial charge in [0.25, 0.3) is 0 Å². The van der Waals surface area contributed by atoms with E-state index >= 15 is 0 Å². The number of thioether (sulfide) groups is 1. The van der Waals surface area contributed by atoms with E-state index < -0.39 is 0 Å². The first-order chi connectivity index (χ1) is 8.15. The van der Waals surface area contributed by atoms with E-state index in [1.54, 1.807) is 11.3 Å². The molecule has 0 spiro atoms. The van der Waals surface area contributed by atoms with Gasteiger partial charge in [-0.15, -0.1) is 11.3 Å². The van der Waals surface area contributed by atoms with Crippen LogP contribution in [0.15, 0.2) is 17.1 Å². The number of thiophene rings is 1. The molecule has 1 aliphatic rings. The molecule has 1 aromatic heterocycles. The molecule has 0 amide bonds. The van der Waals surface area contributed by atoms with Gasteiger partial charge in [0.2, 0.25) is 0 Å². The van der Waals surface area contributed by atoms with Gasteiger partial charge >= 0.3 is 0 Å². The van der Waals surface area contributed by atoms with E-state index in [0.717, 1.165) is 28.2 Å². The van der Waals surface area contributed by atoms with Crippen LogP contribution < -0.4 is 5.32 Å². The van der Waals surface area contributed by atoms with E-state index in [0.29, 0.717) is 12.0 Å². The minimum atomic E-state index is 0.579. The van der Waals surface area contributed by atoms with Gasteiger partial charge in [-0.05, 0) is 18.1 Å². The van der Waals surface area contributed by atoms with E-state index in [4.69, 9.17) is 11.6 Å². The largest absolute Gasteiger partial charge is 0.361 e. The Kier molecular flexibility index (Phi) is 4.77. The quantitative estimate of drug-likeness (QED) is 0.914. The minimum absolute atomic E-state index is 0.579. The van der Waals surface area contributed by atoms with E-state index in [1.807, 2.05) is 17.8 Å². The van der Waals surface area contributed by atoms with Gasteiger partial charge in [-0.1, -0.05) is 37.2 Å². The highest BCUT2D eigenvalue weighted by Gasteiger charge is 2.22. The average Bonchev–Trinajstić information content (AvgIpc) is 2.88. The number of amidine groups is 1. The van der Waals surface area contributed by atoms with Crippen molar-refractivity contribution in [3.63, 3.8) is 0 Å². The lowest BCUT2D eigenvalue weighted by Crippen LogP contribution is -2.31. The summed E-state index contributed by atoms with van der Waals surface area (Å²) in [6.07, 6.45) is 0.982. The monoisotopic (exact) mass is 288 g/mol. The summed E-state index contributed by atoms with van der Waals surface area (Å²) in [4.78, 5) is 5.90. The third-order valence-corrected chi connectivity index (χ3v) is 5.09. The summed E-state index contributed by atoms with van der Waals surface area (Å²) < 4.78 is 0.862. The fourth-order valence-electron chi connectivity index (χ4n) is 1.61. The van der Waals surface area contributed by atoms with Crippen LogP contribution in [0.4, 0.5) is 0 Å². The van der Waals surface area contributed by atoms with Crippen molar-refractivity contribution in [3.8, 4) is 0 Å². The van der Waals surface area contributed by atoms with Crippen LogP contribution in [0.5, 0.6) is 0 Å². The average molecular weight is 289 g/mol. The lowest BCUT2D eigenvalue weighted by Gasteiger charge is -2.12. The molecule has 1 saturated heterocycles. The highest BCUT2D eigenvalue weighted by atomic mass is 35.5. The topological polar surface area (TPSA) is 24.4 Å². The maximum Gasteiger partial charge on any atom is 0.156 e. The van der Waals surface area contributed by atoms with Crippen LogP contribution in [0.2, 0.25) is 4.34 Å². The predicted octanol–water partition coefficient (Wildman–Crippen LogP) is 3.66. The van der Waals surface area contributed by atoms with Crippen molar-refractivity contribution in [3.05, 3.63) is 21.3 Å². The highest BCUT2D eigenvalue weighted by molar-refractivity contribution is 8.14. The number of nitrogens with zero attached hydrogens (tertiary/aromatic N) is 1. The van der Waals surface area contributed by atoms with Crippen molar-refractivity contribution < 1.29 is 0 Å². The number of nitrogens with one attached hydrogen (secondary N) is 1. The summed E-state index contributed by atoms with van der Waals surface area (Å²) in [6.45, 7) is 5.33. The molecule has 1 unspecified atom stereocenters. The van der Waals surface area contributed by atoms with Crippen molar-refractivity contribution >= 4 is 39.9 Å². The lowest BCUT2D eigenvalue weighted by molar-refractivity contribution is 0.503. The second-order valence-corrected chi connectivity index (χ2v) is 7.26. The van der Waals surface area contributed by atoms with Gasteiger partial charge in [-0.2, -0.15) is 0 Å². The van der Waals surface area contributed by atoms with Crippen LogP contribution >= 0.6 is 34.7 Å². The molecule has 0 aromatic carbocycles. The normalized spacial score (nSPS) is 22.4. The van der Waals surface area contributed by atoms with Crippen molar-refractivity contribution in [2.45, 2.75) is 26.3 Å². The maximum absolute atomic E-state index is 5.89. The van der Waals surface area contributed by atoms with Crippen LogP contribution in [-0.2, 0) is 6.42 Å². The van der Waals surface area contributed by atoms with Crippen LogP contribution in [-0.4, -0.2) is 23.5 Å². The molecule has 1 atom stereocenters. The first-order valence-electron chi connectivity index (χ1n) is 5.83. The van der Waals surface area contributed by atoms with Crippen LogP contribution in [0.25, 0.3) is 0 Å². The van der Waals surface area contributed by atoms with Crippen molar-refractivity contribution in [2.24, 2.45) is 10.9 Å². The van der Waals surface area contributed by atoms with Crippen LogP contribution in [0.1, 0.15) is 18.7 Å². The summed E-state index contributed by atoms with van der Waals surface area (Å²) in [5.74, 6) is 1.81. The number of hydrogen-bond acceptors (Lipinski definition) is 3. The fourth-order valence-corrected chi connectivity index (χ4v) is 3.91. The molecule has 2 nitrogen and oxygen atoms in total. The first kappa shape index (κ1) is 13.2. The van der Waals surface area contributed by atoms with Crippen LogP contribution in [0, 0.1) is 5.92 Å². The van der Waals surface area contributed by atoms with Crippen LogP contribution in [0.3, 0.4) is 0 Å². The fraction of sp³-hybridized carbons (Fsp3) is 0.583. The van der Waals surface area contributed by atoms with Gasteiger partial charge in [0.05, 0.1) is 4.34 Å². The number of hydrogen-bond donors (Lipinski definition) is 1. The number of rotatable bonds is 4. The van der Waals surface area contributed by atoms with E-state index in [2.05, 4.69) is 30.2 Å². The Balaban J connectivity index is 1.78. The Hall–Kier alpha value is -0.190. The molecule has 1 N–H and O–H groups in total. The number of halogens is 1. The highest BCUT2D eigenvalue weighted by Crippen LogP contribution is 2.22. The summed E-state index contributed by atoms with van der Waals surface area (Å²) >= 11 is 9.37. The molecule has 17 heavy (non-hydrogen) atoms. The second-order valence-electron chi connectivity index (χ2n) is 4.45. The Morgan fingerprint density at radius 2 is 2.35 bits per heavy atom. The molecular weight excluding hydrogens is 272 g/mol. The van der Waals surface area contributed by atoms with Crippen molar-refractivity contribution in [1.82, 2.24) is 5.32 Å². The maximum atomic E-state index is 5.89. The molecule has 1 aromatic rings. The first-order valence-corrected chi connectivity index (χ1v) is 8.01. The molecule has 1 aliphatic heterocycles.